The second kappa shape index (κ2) is 5.87. The third-order valence-electron chi connectivity index (χ3n) is 2.00. The molecule has 0 atom stereocenters. The highest BCUT2D eigenvalue weighted by atomic mass is 32.2. The Labute approximate surface area is 108 Å². The Morgan fingerprint density at radius 2 is 2.47 bits per heavy atom. The molecule has 2 N–H and O–H groups in total. The number of thiophene rings is 1. The van der Waals surface area contributed by atoms with E-state index < -0.39 is 0 Å². The molecule has 0 aliphatic carbocycles. The first kappa shape index (κ1) is 12.2. The number of rotatable bonds is 3. The molecule has 2 aromatic rings. The van der Waals surface area contributed by atoms with Crippen LogP contribution >= 0.6 is 23.1 Å². The van der Waals surface area contributed by atoms with E-state index >= 15 is 0 Å². The molecule has 0 aromatic carbocycles. The molecule has 6 heteroatoms. The summed E-state index contributed by atoms with van der Waals surface area (Å²) in [6.07, 6.45) is 1.56. The summed E-state index contributed by atoms with van der Waals surface area (Å²) in [5, 5.41) is 7.00. The van der Waals surface area contributed by atoms with E-state index in [1.165, 1.54) is 4.88 Å². The van der Waals surface area contributed by atoms with E-state index in [4.69, 9.17) is 5.73 Å². The van der Waals surface area contributed by atoms with Gasteiger partial charge in [-0.15, -0.1) is 11.3 Å². The van der Waals surface area contributed by atoms with Gasteiger partial charge in [-0.3, -0.25) is 0 Å². The maximum atomic E-state index is 5.33. The van der Waals surface area contributed by atoms with Gasteiger partial charge in [-0.1, -0.05) is 23.6 Å². The molecule has 0 fully saturated rings. The Balaban J connectivity index is 1.96. The largest absolute Gasteiger partial charge is 0.320 e. The van der Waals surface area contributed by atoms with Crippen molar-refractivity contribution in [1.29, 1.82) is 0 Å². The van der Waals surface area contributed by atoms with Crippen molar-refractivity contribution in [2.45, 2.75) is 10.9 Å². The molecule has 0 unspecified atom stereocenters. The Morgan fingerprint density at radius 1 is 1.59 bits per heavy atom. The highest BCUT2D eigenvalue weighted by Crippen LogP contribution is 2.24. The van der Waals surface area contributed by atoms with Crippen molar-refractivity contribution >= 4 is 23.1 Å². The molecule has 2 aromatic heterocycles. The first-order chi connectivity index (χ1) is 8.29. The lowest BCUT2D eigenvalue weighted by Crippen LogP contribution is -1.92. The van der Waals surface area contributed by atoms with Crippen LogP contribution in [0.4, 0.5) is 0 Å². The van der Waals surface area contributed by atoms with Crippen molar-refractivity contribution in [3.8, 4) is 11.8 Å². The fourth-order valence-electron chi connectivity index (χ4n) is 1.23. The van der Waals surface area contributed by atoms with Crippen LogP contribution in [-0.2, 0) is 12.8 Å². The maximum Gasteiger partial charge on any atom is 0.186 e. The van der Waals surface area contributed by atoms with Gasteiger partial charge in [0, 0.05) is 28.6 Å². The molecule has 4 nitrogen and oxygen atoms in total. The third kappa shape index (κ3) is 3.33. The summed E-state index contributed by atoms with van der Waals surface area (Å²) in [6, 6.07) is 2.09. The molecule has 0 aliphatic heterocycles. The van der Waals surface area contributed by atoms with Crippen LogP contribution in [0.15, 0.2) is 22.9 Å². The molecule has 0 spiro atoms. The Morgan fingerprint density at radius 3 is 3.18 bits per heavy atom. The summed E-state index contributed by atoms with van der Waals surface area (Å²) in [5.41, 5.74) is 6.37. The van der Waals surface area contributed by atoms with Crippen molar-refractivity contribution in [1.82, 2.24) is 14.8 Å². The highest BCUT2D eigenvalue weighted by Gasteiger charge is 2.03. The lowest BCUT2D eigenvalue weighted by atomic mass is 10.3. The van der Waals surface area contributed by atoms with Crippen LogP contribution in [0.25, 0.3) is 0 Å². The van der Waals surface area contributed by atoms with Gasteiger partial charge in [0.15, 0.2) is 5.16 Å². The van der Waals surface area contributed by atoms with Crippen molar-refractivity contribution in [2.75, 3.05) is 6.54 Å². The van der Waals surface area contributed by atoms with Gasteiger partial charge in [-0.2, -0.15) is 5.10 Å². The highest BCUT2D eigenvalue weighted by molar-refractivity contribution is 7.98. The van der Waals surface area contributed by atoms with E-state index in [0.717, 1.165) is 16.5 Å². The van der Waals surface area contributed by atoms with Crippen LogP contribution in [0, 0.1) is 11.8 Å². The van der Waals surface area contributed by atoms with Crippen LogP contribution in [0.5, 0.6) is 0 Å². The number of hydrogen-bond acceptors (Lipinski definition) is 5. The van der Waals surface area contributed by atoms with Gasteiger partial charge < -0.3 is 5.73 Å². The van der Waals surface area contributed by atoms with Crippen LogP contribution in [-0.4, -0.2) is 21.3 Å². The van der Waals surface area contributed by atoms with E-state index in [-0.39, 0.29) is 0 Å². The molecule has 0 aliphatic rings. The van der Waals surface area contributed by atoms with E-state index in [2.05, 4.69) is 33.4 Å². The Hall–Kier alpha value is -1.29. The second-order valence-corrected chi connectivity index (χ2v) is 5.20. The lowest BCUT2D eigenvalue weighted by Gasteiger charge is -1.97. The molecule has 0 radical (unpaired) electrons. The predicted octanol–water partition coefficient (Wildman–Crippen LogP) is 1.48. The number of nitrogens with two attached hydrogens (primary N) is 1. The van der Waals surface area contributed by atoms with Gasteiger partial charge in [0.25, 0.3) is 0 Å². The summed E-state index contributed by atoms with van der Waals surface area (Å²) >= 11 is 3.38. The van der Waals surface area contributed by atoms with Crippen LogP contribution in [0.3, 0.4) is 0 Å². The molecule has 2 rings (SSSR count). The van der Waals surface area contributed by atoms with Crippen molar-refractivity contribution < 1.29 is 0 Å². The number of thioether (sulfide) groups is 1. The zero-order valence-corrected chi connectivity index (χ0v) is 11.0. The van der Waals surface area contributed by atoms with Gasteiger partial charge in [-0.25, -0.2) is 9.67 Å². The average Bonchev–Trinajstić information content (AvgIpc) is 2.93. The second-order valence-electron chi connectivity index (χ2n) is 3.26. The molecular formula is C11H12N4S2. The predicted molar refractivity (Wildman–Crippen MR) is 70.8 cm³/mol. The zero-order valence-electron chi connectivity index (χ0n) is 9.38. The Bertz CT molecular complexity index is 547. The van der Waals surface area contributed by atoms with Crippen LogP contribution in [0.2, 0.25) is 0 Å². The molecule has 2 heterocycles. The summed E-state index contributed by atoms with van der Waals surface area (Å²) < 4.78 is 1.77. The quantitative estimate of drug-likeness (QED) is 0.674. The van der Waals surface area contributed by atoms with Gasteiger partial charge in [0.1, 0.15) is 6.33 Å². The zero-order chi connectivity index (χ0) is 12.1. The summed E-state index contributed by atoms with van der Waals surface area (Å²) in [5.74, 6) is 6.76. The van der Waals surface area contributed by atoms with Gasteiger partial charge in [-0.05, 0) is 6.07 Å². The third-order valence-corrected chi connectivity index (χ3v) is 4.20. The minimum atomic E-state index is 0.402. The minimum Gasteiger partial charge on any atom is -0.320 e. The average molecular weight is 264 g/mol. The fourth-order valence-corrected chi connectivity index (χ4v) is 2.99. The van der Waals surface area contributed by atoms with E-state index in [0.29, 0.717) is 6.54 Å². The first-order valence-electron chi connectivity index (χ1n) is 5.02. The fraction of sp³-hybridized carbons (Fsp3) is 0.273. The summed E-state index contributed by atoms with van der Waals surface area (Å²) in [6.45, 7) is 0.402. The minimum absolute atomic E-state index is 0.402. The summed E-state index contributed by atoms with van der Waals surface area (Å²) in [7, 11) is 1.89. The van der Waals surface area contributed by atoms with Gasteiger partial charge in [0.2, 0.25) is 0 Å². The number of aryl methyl sites for hydroxylation is 1. The van der Waals surface area contributed by atoms with Crippen molar-refractivity contribution in [3.63, 3.8) is 0 Å². The van der Waals surface area contributed by atoms with Crippen LogP contribution < -0.4 is 5.73 Å². The topological polar surface area (TPSA) is 56.7 Å². The molecule has 0 bridgehead atoms. The van der Waals surface area contributed by atoms with Crippen LogP contribution in [0.1, 0.15) is 10.4 Å². The molecule has 0 saturated carbocycles. The number of aromatic nitrogens is 3. The van der Waals surface area contributed by atoms with E-state index in [1.807, 2.05) is 7.05 Å². The Kier molecular flexibility index (Phi) is 4.20. The molecule has 0 saturated heterocycles. The number of hydrogen-bond donors (Lipinski definition) is 1. The normalized spacial score (nSPS) is 10.0. The molecular weight excluding hydrogens is 252 g/mol. The maximum absolute atomic E-state index is 5.33. The SMILES string of the molecule is Cn1ncnc1SCc1cc(C#CCN)cs1. The van der Waals surface area contributed by atoms with Gasteiger partial charge >= 0.3 is 0 Å². The van der Waals surface area contributed by atoms with Crippen molar-refractivity contribution in [2.24, 2.45) is 12.8 Å². The number of nitrogens with zero attached hydrogens (tertiary/aromatic N) is 3. The molecule has 88 valence electrons. The summed E-state index contributed by atoms with van der Waals surface area (Å²) in [4.78, 5) is 5.44. The monoisotopic (exact) mass is 264 g/mol. The van der Waals surface area contributed by atoms with Crippen molar-refractivity contribution in [3.05, 3.63) is 28.2 Å². The lowest BCUT2D eigenvalue weighted by molar-refractivity contribution is 0.685. The standard InChI is InChI=1S/C11H12N4S2/c1-15-11(13-8-14-15)17-7-10-5-9(6-16-10)3-2-4-12/h5-6,8H,4,7,12H2,1H3. The van der Waals surface area contributed by atoms with E-state index in [9.17, 15) is 0 Å². The molecule has 0 amide bonds. The molecule has 17 heavy (non-hydrogen) atoms. The van der Waals surface area contributed by atoms with E-state index in [1.54, 1.807) is 34.1 Å². The van der Waals surface area contributed by atoms with Gasteiger partial charge in [0.05, 0.1) is 6.54 Å². The first-order valence-corrected chi connectivity index (χ1v) is 6.89. The smallest absolute Gasteiger partial charge is 0.186 e.